The second-order valence-electron chi connectivity index (χ2n) is 6.68. The Bertz CT molecular complexity index is 1240. The molecule has 152 valence electrons. The highest BCUT2D eigenvalue weighted by Gasteiger charge is 2.11. The summed E-state index contributed by atoms with van der Waals surface area (Å²) in [5.74, 6) is 0.969. The van der Waals surface area contributed by atoms with E-state index in [1.54, 1.807) is 6.07 Å². The van der Waals surface area contributed by atoms with Crippen molar-refractivity contribution in [2.24, 2.45) is 0 Å². The summed E-state index contributed by atoms with van der Waals surface area (Å²) in [6.07, 6.45) is 0. The van der Waals surface area contributed by atoms with E-state index in [9.17, 15) is 4.79 Å². The molecule has 4 rings (SSSR count). The van der Waals surface area contributed by atoms with Crippen LogP contribution >= 0.6 is 0 Å². The summed E-state index contributed by atoms with van der Waals surface area (Å²) in [6.45, 7) is 5.55. The Hall–Kier alpha value is -3.94. The Morgan fingerprint density at radius 1 is 1.00 bits per heavy atom. The van der Waals surface area contributed by atoms with Crippen molar-refractivity contribution in [3.8, 4) is 11.1 Å². The maximum atomic E-state index is 12.5. The summed E-state index contributed by atoms with van der Waals surface area (Å²) >= 11 is 0. The van der Waals surface area contributed by atoms with E-state index in [0.717, 1.165) is 24.0 Å². The first-order valence-electron chi connectivity index (χ1n) is 9.74. The summed E-state index contributed by atoms with van der Waals surface area (Å²) in [5, 5.41) is 3.93. The fraction of sp³-hybridized carbons (Fsp3) is 0.182. The van der Waals surface area contributed by atoms with Gasteiger partial charge in [0.2, 0.25) is 17.8 Å². The van der Waals surface area contributed by atoms with Gasteiger partial charge in [-0.05, 0) is 37.6 Å². The van der Waals surface area contributed by atoms with Gasteiger partial charge in [0.05, 0.1) is 5.56 Å². The number of hydrogen-bond donors (Lipinski definition) is 2. The number of benzene rings is 2. The summed E-state index contributed by atoms with van der Waals surface area (Å²) in [6, 6.07) is 16.8. The molecule has 3 N–H and O–H groups in total. The molecule has 0 radical (unpaired) electrons. The third kappa shape index (κ3) is 3.93. The highest BCUT2D eigenvalue weighted by molar-refractivity contribution is 5.84. The minimum absolute atomic E-state index is 0.134. The zero-order chi connectivity index (χ0) is 21.1. The fourth-order valence-corrected chi connectivity index (χ4v) is 3.22. The van der Waals surface area contributed by atoms with Gasteiger partial charge in [0.15, 0.2) is 0 Å². The maximum Gasteiger partial charge on any atom is 0.344 e. The third-order valence-electron chi connectivity index (χ3n) is 4.76. The van der Waals surface area contributed by atoms with E-state index in [1.165, 1.54) is 0 Å². The first-order valence-corrected chi connectivity index (χ1v) is 9.74. The van der Waals surface area contributed by atoms with Gasteiger partial charge in [-0.15, -0.1) is 0 Å². The number of hydrogen-bond acceptors (Lipinski definition) is 8. The average Bonchev–Trinajstić information content (AvgIpc) is 2.74. The Morgan fingerprint density at radius 2 is 1.77 bits per heavy atom. The number of nitrogen functional groups attached to an aromatic ring is 1. The summed E-state index contributed by atoms with van der Waals surface area (Å²) < 4.78 is 5.56. The van der Waals surface area contributed by atoms with Crippen LogP contribution < -0.4 is 21.6 Å². The number of rotatable bonds is 6. The number of aromatic nitrogens is 3. The van der Waals surface area contributed by atoms with Crippen molar-refractivity contribution in [1.29, 1.82) is 0 Å². The smallest absolute Gasteiger partial charge is 0.344 e. The van der Waals surface area contributed by atoms with Gasteiger partial charge in [-0.3, -0.25) is 0 Å². The molecule has 8 nitrogen and oxygen atoms in total. The number of nitrogens with two attached hydrogens (primary N) is 1. The first kappa shape index (κ1) is 19.4. The van der Waals surface area contributed by atoms with Crippen molar-refractivity contribution in [2.45, 2.75) is 13.8 Å². The normalized spacial score (nSPS) is 10.9. The minimum atomic E-state index is -0.390. The van der Waals surface area contributed by atoms with Gasteiger partial charge >= 0.3 is 5.63 Å². The van der Waals surface area contributed by atoms with Crippen molar-refractivity contribution < 1.29 is 4.42 Å². The van der Waals surface area contributed by atoms with Crippen LogP contribution in [0, 0.1) is 0 Å². The largest absolute Gasteiger partial charge is 0.422 e. The summed E-state index contributed by atoms with van der Waals surface area (Å²) in [7, 11) is 0. The minimum Gasteiger partial charge on any atom is -0.422 e. The second-order valence-corrected chi connectivity index (χ2v) is 6.68. The van der Waals surface area contributed by atoms with Crippen molar-refractivity contribution in [3.05, 3.63) is 65.0 Å². The van der Waals surface area contributed by atoms with Crippen LogP contribution in [0.1, 0.15) is 13.8 Å². The Labute approximate surface area is 173 Å². The van der Waals surface area contributed by atoms with Crippen LogP contribution in [0.4, 0.5) is 23.5 Å². The van der Waals surface area contributed by atoms with E-state index < -0.39 is 0 Å². The Kier molecular flexibility index (Phi) is 5.30. The lowest BCUT2D eigenvalue weighted by atomic mass is 10.1. The maximum absolute atomic E-state index is 12.5. The van der Waals surface area contributed by atoms with Gasteiger partial charge in [0, 0.05) is 30.2 Å². The molecule has 0 aliphatic carbocycles. The van der Waals surface area contributed by atoms with Crippen molar-refractivity contribution in [2.75, 3.05) is 29.0 Å². The van der Waals surface area contributed by atoms with E-state index in [1.807, 2.05) is 67.3 Å². The number of nitrogens with one attached hydrogen (secondary N) is 1. The molecule has 0 aliphatic heterocycles. The molecule has 0 atom stereocenters. The van der Waals surface area contributed by atoms with Gasteiger partial charge < -0.3 is 20.4 Å². The second kappa shape index (κ2) is 8.20. The third-order valence-corrected chi connectivity index (χ3v) is 4.76. The van der Waals surface area contributed by atoms with E-state index in [-0.39, 0.29) is 11.6 Å². The number of nitrogens with zero attached hydrogens (tertiary/aromatic N) is 4. The molecule has 8 heteroatoms. The van der Waals surface area contributed by atoms with Crippen molar-refractivity contribution in [1.82, 2.24) is 15.0 Å². The fourth-order valence-electron chi connectivity index (χ4n) is 3.22. The molecule has 0 bridgehead atoms. The molecule has 4 aromatic rings. The number of fused-ring (bicyclic) bond motifs is 1. The van der Waals surface area contributed by atoms with E-state index >= 15 is 0 Å². The van der Waals surface area contributed by atoms with Gasteiger partial charge in [0.25, 0.3) is 0 Å². The SMILES string of the molecule is CCN(CC)c1nc(N)nc(Nc2ccc3cc(-c4ccccc4)c(=O)oc3c2)n1. The van der Waals surface area contributed by atoms with E-state index in [2.05, 4.69) is 20.3 Å². The van der Waals surface area contributed by atoms with Crippen LogP contribution in [0.2, 0.25) is 0 Å². The Balaban J connectivity index is 1.67. The molecule has 2 aromatic heterocycles. The zero-order valence-electron chi connectivity index (χ0n) is 16.8. The summed E-state index contributed by atoms with van der Waals surface area (Å²) in [4.78, 5) is 27.3. The molecule has 0 saturated heterocycles. The van der Waals surface area contributed by atoms with Gasteiger partial charge in [-0.2, -0.15) is 15.0 Å². The van der Waals surface area contributed by atoms with Crippen LogP contribution in [0.3, 0.4) is 0 Å². The van der Waals surface area contributed by atoms with Gasteiger partial charge in [0.1, 0.15) is 5.58 Å². The lowest BCUT2D eigenvalue weighted by Crippen LogP contribution is -2.25. The van der Waals surface area contributed by atoms with Crippen LogP contribution in [0.25, 0.3) is 22.1 Å². The molecule has 0 fully saturated rings. The van der Waals surface area contributed by atoms with Crippen molar-refractivity contribution in [3.63, 3.8) is 0 Å². The molecule has 0 aliphatic rings. The highest BCUT2D eigenvalue weighted by atomic mass is 16.4. The van der Waals surface area contributed by atoms with Crippen LogP contribution in [0.5, 0.6) is 0 Å². The van der Waals surface area contributed by atoms with Gasteiger partial charge in [-0.1, -0.05) is 30.3 Å². The molecule has 2 aromatic carbocycles. The topological polar surface area (TPSA) is 110 Å². The van der Waals surface area contributed by atoms with E-state index in [0.29, 0.717) is 28.7 Å². The molecule has 30 heavy (non-hydrogen) atoms. The van der Waals surface area contributed by atoms with Crippen molar-refractivity contribution >= 4 is 34.5 Å². The molecular weight excluding hydrogens is 380 g/mol. The molecule has 0 amide bonds. The summed E-state index contributed by atoms with van der Waals surface area (Å²) in [5.41, 5.74) is 7.95. The molecule has 0 saturated carbocycles. The molecular formula is C22H22N6O2. The standard InChI is InChI=1S/C22H22N6O2/c1-3-28(4-2)22-26-20(23)25-21(27-22)24-16-11-10-15-12-17(14-8-6-5-7-9-14)19(29)30-18(15)13-16/h5-13H,3-4H2,1-2H3,(H3,23,24,25,26,27). The quantitative estimate of drug-likeness (QED) is 0.468. The predicted molar refractivity (Wildman–Crippen MR) is 119 cm³/mol. The lowest BCUT2D eigenvalue weighted by molar-refractivity contribution is 0.563. The zero-order valence-corrected chi connectivity index (χ0v) is 16.8. The molecule has 2 heterocycles. The monoisotopic (exact) mass is 402 g/mol. The number of anilines is 4. The average molecular weight is 402 g/mol. The van der Waals surface area contributed by atoms with Crippen LogP contribution in [0.15, 0.2) is 63.8 Å². The van der Waals surface area contributed by atoms with Crippen LogP contribution in [-0.4, -0.2) is 28.0 Å². The van der Waals surface area contributed by atoms with Crippen LogP contribution in [-0.2, 0) is 0 Å². The predicted octanol–water partition coefficient (Wildman–Crippen LogP) is 3.82. The lowest BCUT2D eigenvalue weighted by Gasteiger charge is -2.19. The van der Waals surface area contributed by atoms with E-state index in [4.69, 9.17) is 10.2 Å². The van der Waals surface area contributed by atoms with Gasteiger partial charge in [-0.25, -0.2) is 4.79 Å². The first-order chi connectivity index (χ1) is 14.6. The Morgan fingerprint density at radius 3 is 2.50 bits per heavy atom. The molecule has 0 unspecified atom stereocenters. The molecule has 0 spiro atoms. The highest BCUT2D eigenvalue weighted by Crippen LogP contribution is 2.25.